The van der Waals surface area contributed by atoms with Gasteiger partial charge in [0, 0.05) is 7.05 Å². The van der Waals surface area contributed by atoms with Crippen LogP contribution in [0.3, 0.4) is 0 Å². The number of aromatic amines is 1. The van der Waals surface area contributed by atoms with Crippen LogP contribution in [0.25, 0.3) is 11.0 Å². The number of H-pyrrole nitrogens is 1. The molecule has 0 fully saturated rings. The van der Waals surface area contributed by atoms with Crippen molar-refractivity contribution in [1.82, 2.24) is 19.5 Å². The lowest BCUT2D eigenvalue weighted by atomic mass is 10.2. The van der Waals surface area contributed by atoms with E-state index in [1.165, 1.54) is 6.33 Å². The van der Waals surface area contributed by atoms with Gasteiger partial charge in [0.05, 0.1) is 17.1 Å². The molecule has 3 aromatic rings. The monoisotopic (exact) mass is 300 g/mol. The molecule has 0 amide bonds. The largest absolute Gasteiger partial charge is 0.406 e. The van der Waals surface area contributed by atoms with Crippen LogP contribution in [0.1, 0.15) is 25.2 Å². The lowest BCUT2D eigenvalue weighted by molar-refractivity contribution is -0.388. The fraction of sp³-hybridized carbons (Fsp3) is 0.286. The normalized spacial score (nSPS) is 12.5. The highest BCUT2D eigenvalue weighted by molar-refractivity contribution is 5.75. The van der Waals surface area contributed by atoms with Crippen LogP contribution in [0.5, 0.6) is 0 Å². The third-order valence-electron chi connectivity index (χ3n) is 3.55. The Balaban J connectivity index is 1.95. The van der Waals surface area contributed by atoms with Crippen molar-refractivity contribution in [3.8, 4) is 0 Å². The minimum Gasteiger partial charge on any atom is -0.358 e. The summed E-state index contributed by atoms with van der Waals surface area (Å²) in [7, 11) is 1.72. The quantitative estimate of drug-likeness (QED) is 0.557. The highest BCUT2D eigenvalue weighted by Crippen LogP contribution is 2.28. The second-order valence-corrected chi connectivity index (χ2v) is 5.03. The molecule has 0 aliphatic heterocycles. The maximum absolute atomic E-state index is 11.0. The number of anilines is 1. The Bertz CT molecular complexity index is 789. The van der Waals surface area contributed by atoms with E-state index in [1.807, 2.05) is 31.2 Å². The minimum atomic E-state index is -0.492. The zero-order valence-corrected chi connectivity index (χ0v) is 12.3. The van der Waals surface area contributed by atoms with E-state index in [1.54, 1.807) is 11.6 Å². The number of nitrogens with zero attached hydrogens (tertiary/aromatic N) is 4. The van der Waals surface area contributed by atoms with E-state index in [2.05, 4.69) is 20.3 Å². The second kappa shape index (κ2) is 5.47. The molecule has 0 saturated carbocycles. The Morgan fingerprint density at radius 2 is 2.23 bits per heavy atom. The molecule has 114 valence electrons. The van der Waals surface area contributed by atoms with Crippen molar-refractivity contribution in [2.75, 3.05) is 5.32 Å². The third kappa shape index (κ3) is 2.39. The smallest absolute Gasteiger partial charge is 0.358 e. The van der Waals surface area contributed by atoms with Gasteiger partial charge in [-0.1, -0.05) is 19.1 Å². The van der Waals surface area contributed by atoms with Gasteiger partial charge >= 0.3 is 5.82 Å². The van der Waals surface area contributed by atoms with Crippen LogP contribution in [0.2, 0.25) is 0 Å². The van der Waals surface area contributed by atoms with Crippen LogP contribution in [0, 0.1) is 10.1 Å². The van der Waals surface area contributed by atoms with E-state index in [-0.39, 0.29) is 11.9 Å². The fourth-order valence-corrected chi connectivity index (χ4v) is 2.38. The molecule has 3 rings (SSSR count). The molecule has 8 heteroatoms. The Morgan fingerprint density at radius 3 is 2.91 bits per heavy atom. The van der Waals surface area contributed by atoms with Crippen molar-refractivity contribution < 1.29 is 4.92 Å². The number of fused-ring (bicyclic) bond motifs is 1. The highest BCUT2D eigenvalue weighted by atomic mass is 16.6. The zero-order valence-electron chi connectivity index (χ0n) is 12.3. The van der Waals surface area contributed by atoms with E-state index in [4.69, 9.17) is 0 Å². The molecule has 0 radical (unpaired) electrons. The highest BCUT2D eigenvalue weighted by Gasteiger charge is 2.24. The number of nitro groups is 1. The standard InChI is InChI=1S/C14H16N6O2/c1-3-9(12-16-10-6-4-5-7-11(10)17-12)18-14-13(20(21)22)15-8-19(14)2/h4-9,18H,3H2,1-2H3,(H,16,17)/t9-/m1/s1. The van der Waals surface area contributed by atoms with Crippen LogP contribution in [0.4, 0.5) is 11.6 Å². The SMILES string of the molecule is CC[C@@H](Nc1c([N+](=O)[O-])ncn1C)c1nc2ccccc2[nH]1. The first-order valence-electron chi connectivity index (χ1n) is 6.97. The molecule has 0 spiro atoms. The predicted octanol–water partition coefficient (Wildman–Crippen LogP) is 2.77. The minimum absolute atomic E-state index is 0.165. The number of imidazole rings is 2. The van der Waals surface area contributed by atoms with Gasteiger partial charge in [0.25, 0.3) is 0 Å². The maximum Gasteiger partial charge on any atom is 0.406 e. The molecular weight excluding hydrogens is 284 g/mol. The first kappa shape index (κ1) is 14.1. The van der Waals surface area contributed by atoms with Gasteiger partial charge < -0.3 is 20.4 Å². The van der Waals surface area contributed by atoms with Crippen molar-refractivity contribution in [3.05, 3.63) is 46.5 Å². The Kier molecular flexibility index (Phi) is 3.50. The number of benzene rings is 1. The van der Waals surface area contributed by atoms with Crippen LogP contribution >= 0.6 is 0 Å². The number of aryl methyl sites for hydroxylation is 1. The molecular formula is C14H16N6O2. The number of para-hydroxylation sites is 2. The summed E-state index contributed by atoms with van der Waals surface area (Å²) in [5, 5.41) is 14.2. The molecule has 22 heavy (non-hydrogen) atoms. The molecule has 1 aromatic carbocycles. The zero-order chi connectivity index (χ0) is 15.7. The molecule has 2 aromatic heterocycles. The lowest BCUT2D eigenvalue weighted by Crippen LogP contribution is -2.14. The predicted molar refractivity (Wildman–Crippen MR) is 82.6 cm³/mol. The summed E-state index contributed by atoms with van der Waals surface area (Å²) in [6.07, 6.45) is 2.15. The Labute approximate surface area is 126 Å². The van der Waals surface area contributed by atoms with Crippen LogP contribution in [-0.4, -0.2) is 24.4 Å². The molecule has 8 nitrogen and oxygen atoms in total. The number of nitrogens with one attached hydrogen (secondary N) is 2. The van der Waals surface area contributed by atoms with Gasteiger partial charge in [0.2, 0.25) is 12.1 Å². The molecule has 2 heterocycles. The van der Waals surface area contributed by atoms with Crippen molar-refractivity contribution in [3.63, 3.8) is 0 Å². The number of aromatic nitrogens is 4. The molecule has 0 aliphatic carbocycles. The van der Waals surface area contributed by atoms with Gasteiger partial charge in [-0.3, -0.25) is 4.57 Å². The summed E-state index contributed by atoms with van der Waals surface area (Å²) in [5.41, 5.74) is 1.81. The Morgan fingerprint density at radius 1 is 1.45 bits per heavy atom. The number of rotatable bonds is 5. The fourth-order valence-electron chi connectivity index (χ4n) is 2.38. The molecule has 2 N–H and O–H groups in total. The van der Waals surface area contributed by atoms with E-state index in [9.17, 15) is 10.1 Å². The van der Waals surface area contributed by atoms with Crippen LogP contribution < -0.4 is 5.32 Å². The molecule has 0 unspecified atom stereocenters. The summed E-state index contributed by atoms with van der Waals surface area (Å²) in [6.45, 7) is 1.99. The van der Waals surface area contributed by atoms with E-state index in [0.717, 1.165) is 23.3 Å². The average Bonchev–Trinajstić information content (AvgIpc) is 3.08. The average molecular weight is 300 g/mol. The van der Waals surface area contributed by atoms with E-state index in [0.29, 0.717) is 5.82 Å². The number of hydrogen-bond acceptors (Lipinski definition) is 5. The van der Waals surface area contributed by atoms with Gasteiger partial charge in [-0.05, 0) is 28.5 Å². The second-order valence-electron chi connectivity index (χ2n) is 5.03. The third-order valence-corrected chi connectivity index (χ3v) is 3.55. The lowest BCUT2D eigenvalue weighted by Gasteiger charge is -2.15. The van der Waals surface area contributed by atoms with Gasteiger partial charge in [0.1, 0.15) is 5.82 Å². The Hall–Kier alpha value is -2.90. The van der Waals surface area contributed by atoms with Gasteiger partial charge in [-0.25, -0.2) is 4.98 Å². The van der Waals surface area contributed by atoms with Crippen molar-refractivity contribution in [2.45, 2.75) is 19.4 Å². The summed E-state index contributed by atoms with van der Waals surface area (Å²) in [6, 6.07) is 7.57. The number of hydrogen-bond donors (Lipinski definition) is 2. The molecule has 0 aliphatic rings. The van der Waals surface area contributed by atoms with Crippen molar-refractivity contribution in [1.29, 1.82) is 0 Å². The molecule has 0 bridgehead atoms. The molecule has 1 atom stereocenters. The van der Waals surface area contributed by atoms with E-state index < -0.39 is 4.92 Å². The van der Waals surface area contributed by atoms with E-state index >= 15 is 0 Å². The topological polar surface area (TPSA) is 102 Å². The summed E-state index contributed by atoms with van der Waals surface area (Å²) in [5.74, 6) is 0.938. The van der Waals surface area contributed by atoms with Crippen molar-refractivity contribution >= 4 is 22.7 Å². The summed E-state index contributed by atoms with van der Waals surface area (Å²) >= 11 is 0. The van der Waals surface area contributed by atoms with Crippen LogP contribution in [0.15, 0.2) is 30.6 Å². The summed E-state index contributed by atoms with van der Waals surface area (Å²) in [4.78, 5) is 22.2. The summed E-state index contributed by atoms with van der Waals surface area (Å²) < 4.78 is 1.60. The van der Waals surface area contributed by atoms with Gasteiger partial charge in [-0.2, -0.15) is 0 Å². The first-order valence-corrected chi connectivity index (χ1v) is 6.97. The van der Waals surface area contributed by atoms with Crippen LogP contribution in [-0.2, 0) is 7.05 Å². The van der Waals surface area contributed by atoms with Gasteiger partial charge in [-0.15, -0.1) is 0 Å². The maximum atomic E-state index is 11.0. The van der Waals surface area contributed by atoms with Gasteiger partial charge in [0.15, 0.2) is 0 Å². The molecule has 0 saturated heterocycles. The first-order chi connectivity index (χ1) is 10.6. The van der Waals surface area contributed by atoms with Crippen molar-refractivity contribution in [2.24, 2.45) is 7.05 Å².